The molecule has 10 aliphatic carbocycles. The fourth-order valence-corrected chi connectivity index (χ4v) is 24.5. The lowest BCUT2D eigenvalue weighted by atomic mass is 9.41. The van der Waals surface area contributed by atoms with Crippen molar-refractivity contribution in [3.8, 4) is 0 Å². The summed E-state index contributed by atoms with van der Waals surface area (Å²) in [5.41, 5.74) is 1.75. The molecule has 4 N–H and O–H groups in total. The molecule has 446 valence electrons. The highest BCUT2D eigenvalue weighted by molar-refractivity contribution is 5.86. The molecule has 12 fully saturated rings. The zero-order valence-corrected chi connectivity index (χ0v) is 50.7. The first-order valence-electron chi connectivity index (χ1n) is 32.4. The maximum absolute atomic E-state index is 13.6. The minimum absolute atomic E-state index is 0. The number of aldehydes is 1. The second-order valence-electron chi connectivity index (χ2n) is 30.8. The Morgan fingerprint density at radius 1 is 0.646 bits per heavy atom. The van der Waals surface area contributed by atoms with Crippen LogP contribution in [0.5, 0.6) is 0 Å². The number of benzene rings is 1. The summed E-state index contributed by atoms with van der Waals surface area (Å²) in [6.07, 6.45) is 15.1. The van der Waals surface area contributed by atoms with Crippen molar-refractivity contribution in [2.24, 2.45) is 101 Å². The summed E-state index contributed by atoms with van der Waals surface area (Å²) < 4.78 is 24.6. The van der Waals surface area contributed by atoms with Crippen molar-refractivity contribution in [1.29, 1.82) is 0 Å². The minimum atomic E-state index is -0.959. The highest BCUT2D eigenvalue weighted by Gasteiger charge is 2.86. The summed E-state index contributed by atoms with van der Waals surface area (Å²) in [7, 11) is 1.25. The molecule has 0 aromatic heterocycles. The van der Waals surface area contributed by atoms with E-state index in [1.807, 2.05) is 44.2 Å². The van der Waals surface area contributed by atoms with Crippen LogP contribution in [0.25, 0.3) is 0 Å². The molecule has 2 heterocycles. The van der Waals surface area contributed by atoms with E-state index in [2.05, 4.69) is 69.2 Å². The Balaban J connectivity index is 0.000000189. The average Bonchev–Trinajstić information content (AvgIpc) is 4.28. The number of ketones is 1. The smallest absolute Gasteiger partial charge is 0.303 e. The van der Waals surface area contributed by atoms with Gasteiger partial charge in [0.25, 0.3) is 0 Å². The molecule has 12 aliphatic rings. The van der Waals surface area contributed by atoms with Gasteiger partial charge in [-0.05, 0) is 205 Å². The van der Waals surface area contributed by atoms with Gasteiger partial charge in [0.2, 0.25) is 0 Å². The third-order valence-corrected chi connectivity index (χ3v) is 28.2. The third kappa shape index (κ3) is 7.88. The van der Waals surface area contributed by atoms with Gasteiger partial charge in [0.1, 0.15) is 18.5 Å². The van der Waals surface area contributed by atoms with Crippen molar-refractivity contribution in [1.82, 2.24) is 0 Å². The van der Waals surface area contributed by atoms with Crippen LogP contribution in [0.15, 0.2) is 30.3 Å². The normalized spacial score (nSPS) is 52.4. The molecule has 2 aliphatic heterocycles. The maximum atomic E-state index is 13.6. The highest BCUT2D eigenvalue weighted by atomic mass is 16.6. The third-order valence-electron chi connectivity index (χ3n) is 28.2. The molecule has 0 amide bonds. The Hall–Kier alpha value is -2.21. The van der Waals surface area contributed by atoms with Crippen LogP contribution in [0.3, 0.4) is 0 Å². The van der Waals surface area contributed by atoms with Crippen LogP contribution in [0.2, 0.25) is 0 Å². The molecule has 0 bridgehead atoms. The van der Waals surface area contributed by atoms with Crippen molar-refractivity contribution in [3.05, 3.63) is 35.9 Å². The van der Waals surface area contributed by atoms with Crippen molar-refractivity contribution in [3.63, 3.8) is 0 Å². The molecule has 25 atom stereocenters. The molecule has 10 saturated carbocycles. The number of aryl methyl sites for hydroxylation is 1. The molecule has 13 rings (SSSR count). The second kappa shape index (κ2) is 20.2. The topological polar surface area (TPSA) is 160 Å². The van der Waals surface area contributed by atoms with Crippen molar-refractivity contribution < 1.29 is 50.4 Å². The number of hydrogen-bond donors (Lipinski definition) is 4. The van der Waals surface area contributed by atoms with Crippen LogP contribution in [-0.4, -0.2) is 93.4 Å². The van der Waals surface area contributed by atoms with Gasteiger partial charge in [0, 0.05) is 25.5 Å². The van der Waals surface area contributed by atoms with E-state index in [9.17, 15) is 34.8 Å². The first-order valence-corrected chi connectivity index (χ1v) is 31.4. The van der Waals surface area contributed by atoms with Gasteiger partial charge in [-0.2, -0.15) is 0 Å². The van der Waals surface area contributed by atoms with E-state index in [1.54, 1.807) is 0 Å². The van der Waals surface area contributed by atoms with E-state index in [-0.39, 0.29) is 105 Å². The quantitative estimate of drug-likeness (QED) is 0.153. The van der Waals surface area contributed by atoms with Crippen LogP contribution >= 0.6 is 0 Å². The molecule has 1 aromatic rings. The Bertz CT molecular complexity index is 2450. The molecule has 2 saturated heterocycles. The van der Waals surface area contributed by atoms with E-state index in [0.29, 0.717) is 59.2 Å². The Morgan fingerprint density at radius 3 is 1.53 bits per heavy atom. The zero-order chi connectivity index (χ0) is 57.6. The van der Waals surface area contributed by atoms with E-state index >= 15 is 0 Å². The van der Waals surface area contributed by atoms with Gasteiger partial charge in [0.15, 0.2) is 11.9 Å². The monoisotopic (exact) mass is 1100 g/mol. The van der Waals surface area contributed by atoms with E-state index in [0.717, 1.165) is 76.1 Å². The summed E-state index contributed by atoms with van der Waals surface area (Å²) >= 11 is 0. The second-order valence-corrected chi connectivity index (χ2v) is 30.8. The number of aliphatic hydroxyl groups excluding tert-OH is 4. The standard InChI is InChI=1S/C38H54O6.C27H42O4.C2H6.2CH4/c1-22-20-26(31(43-23(2)39)25(40)13-12-24-10-8-7-9-11-24)44-32-30(22)35(5)18-19-38-21-37(38)17-16-29(41)34(3,4)27(37)14-15-28(38)36(35,6)33(32)42;1-15-12-16(13-28)31-21-20(15)24(4)10-11-27-14-26(27)9-8-19(29)23(2,3)17(26)6-7-18(27)25(24,5)22(21)30;1-2;;/h7-11,22,26-33,41-42H,12-21H2,1-6H3;13,15-22,29-30H,6-12,14H2,1-5H3;1-2H3;2*1H4/t22-,26-,27+,28+,29+,30+,31-,32+,33+,35-,36-,37?,38+;15-,16-,17+,18+,19+,20+,21+,22+,24-,25-,26?,27+;;;/m11.../s1/i;;;1D;. The number of carbonyl (C=O) groups is 3. The predicted octanol–water partition coefficient (Wildman–Crippen LogP) is 13.0. The van der Waals surface area contributed by atoms with E-state index in [4.69, 9.17) is 15.6 Å². The summed E-state index contributed by atoms with van der Waals surface area (Å²) in [4.78, 5) is 37.4. The van der Waals surface area contributed by atoms with Crippen LogP contribution in [0, 0.1) is 101 Å². The molecule has 10 nitrogen and oxygen atoms in total. The molecular weight excluding hydrogens is 989 g/mol. The molecule has 1 aromatic carbocycles. The van der Waals surface area contributed by atoms with E-state index < -0.39 is 30.4 Å². The highest BCUT2D eigenvalue weighted by Crippen LogP contribution is 2.91. The minimum Gasteiger partial charge on any atom is -0.452 e. The Morgan fingerprint density at radius 2 is 1.08 bits per heavy atom. The van der Waals surface area contributed by atoms with Gasteiger partial charge < -0.3 is 39.4 Å². The SMILES string of the molecule is C.CC.CC(=O)O[C@H](C(=O)CCc1ccccc1)[C@H]1C[C@@H](C)[C@H]2[C@H](O1)[C@H](O)[C@@]1(C)[C@@H]3CC[C@H]4C(C)(C)[C@@H](O)CCC45C[C@@]35CC[C@]21C.C[C@@H]1C[C@H](C=O)O[C@H]2[C@H]1[C@@]1(C)CC[C@@]34CC35CC[C@H](O)C(C)(C)[C@@H]5CC[C@H]4[C@]1(C)[C@H]2O.[2H]C. The number of rotatable bonds is 7. The fourth-order valence-electron chi connectivity index (χ4n) is 24.5. The molecule has 2 unspecified atom stereocenters. The number of hydrogen-bond acceptors (Lipinski definition) is 10. The summed E-state index contributed by atoms with van der Waals surface area (Å²) in [6, 6.07) is 9.92. The van der Waals surface area contributed by atoms with Crippen molar-refractivity contribution in [2.75, 3.05) is 0 Å². The van der Waals surface area contributed by atoms with Gasteiger partial charge in [0.05, 0.1) is 36.6 Å². The fraction of sp³-hybridized carbons (Fsp3) is 0.870. The maximum Gasteiger partial charge on any atom is 0.303 e. The van der Waals surface area contributed by atoms with Gasteiger partial charge in [-0.15, -0.1) is 0 Å². The summed E-state index contributed by atoms with van der Waals surface area (Å²) in [5.74, 6) is 2.64. The van der Waals surface area contributed by atoms with Gasteiger partial charge in [-0.1, -0.05) is 128 Å². The van der Waals surface area contributed by atoms with Crippen molar-refractivity contribution in [2.45, 2.75) is 275 Å². The van der Waals surface area contributed by atoms with Gasteiger partial charge >= 0.3 is 5.97 Å². The van der Waals surface area contributed by atoms with Crippen LogP contribution in [-0.2, 0) is 35.0 Å². The van der Waals surface area contributed by atoms with Crippen LogP contribution in [0.4, 0.5) is 0 Å². The number of fused-ring (bicyclic) bond motifs is 8. The van der Waals surface area contributed by atoms with E-state index in [1.165, 1.54) is 46.4 Å². The molecule has 4 spiro atoms. The lowest BCUT2D eigenvalue weighted by Crippen LogP contribution is -2.59. The zero-order valence-electron chi connectivity index (χ0n) is 51.7. The largest absolute Gasteiger partial charge is 0.452 e. The number of esters is 1. The predicted molar refractivity (Wildman–Crippen MR) is 310 cm³/mol. The Labute approximate surface area is 479 Å². The summed E-state index contributed by atoms with van der Waals surface area (Å²) in [5, 5.41) is 46.2. The van der Waals surface area contributed by atoms with Gasteiger partial charge in [-0.25, -0.2) is 0 Å². The number of Topliss-reactive ketones (excluding diaryl/α,β-unsaturated/α-hetero) is 1. The van der Waals surface area contributed by atoms with Gasteiger partial charge in [-0.3, -0.25) is 9.59 Å². The molecular formula is C69H110O10. The first kappa shape index (κ1) is 59.9. The Kier molecular flexibility index (Phi) is 15.3. The van der Waals surface area contributed by atoms with Crippen molar-refractivity contribution >= 4 is 18.0 Å². The molecule has 10 heteroatoms. The lowest BCUT2D eigenvalue weighted by Gasteiger charge is -2.63. The van der Waals surface area contributed by atoms with Crippen LogP contribution < -0.4 is 0 Å². The van der Waals surface area contributed by atoms with Crippen LogP contribution in [0.1, 0.15) is 221 Å². The number of aliphatic hydroxyl groups is 4. The summed E-state index contributed by atoms with van der Waals surface area (Å²) in [6.45, 7) is 28.7. The average molecular weight is 1100 g/mol. The lowest BCUT2D eigenvalue weighted by molar-refractivity contribution is -0.192. The molecule has 79 heavy (non-hydrogen) atoms. The number of ether oxygens (including phenoxy) is 3. The molecule has 0 radical (unpaired) electrons. The number of carbonyl (C=O) groups excluding carboxylic acids is 3. The first-order chi connectivity index (χ1) is 37.2.